The van der Waals surface area contributed by atoms with E-state index in [0.717, 1.165) is 56.4 Å². The van der Waals surface area contributed by atoms with Crippen LogP contribution in [0.5, 0.6) is 0 Å². The summed E-state index contributed by atoms with van der Waals surface area (Å²) in [6.45, 7) is 10.5. The zero-order valence-electron chi connectivity index (χ0n) is 19.7. The molecule has 0 saturated carbocycles. The number of hydrogen-bond donors (Lipinski definition) is 0. The fourth-order valence-corrected chi connectivity index (χ4v) is 4.81. The highest BCUT2D eigenvalue weighted by molar-refractivity contribution is 6.66. The molecule has 0 aliphatic carbocycles. The number of imidazole rings is 1. The fourth-order valence-electron chi connectivity index (χ4n) is 4.81. The topological polar surface area (TPSA) is 49.4 Å². The summed E-state index contributed by atoms with van der Waals surface area (Å²) in [7, 11) is -0.474. The molecule has 0 spiro atoms. The van der Waals surface area contributed by atoms with E-state index in [1.54, 1.807) is 0 Å². The Balaban J connectivity index is 1.67. The Bertz CT molecular complexity index is 1510. The molecule has 6 heteroatoms. The molecule has 3 heterocycles. The summed E-state index contributed by atoms with van der Waals surface area (Å²) in [5.41, 5.74) is 4.95. The van der Waals surface area contributed by atoms with Crippen molar-refractivity contribution in [1.29, 1.82) is 0 Å². The third-order valence-electron chi connectivity index (χ3n) is 7.23. The van der Waals surface area contributed by atoms with Crippen LogP contribution in [-0.2, 0) is 15.7 Å². The van der Waals surface area contributed by atoms with Gasteiger partial charge in [0.05, 0.1) is 33.3 Å². The van der Waals surface area contributed by atoms with Crippen LogP contribution in [-0.4, -0.2) is 27.9 Å². The number of para-hydroxylation sites is 2. The van der Waals surface area contributed by atoms with E-state index in [-0.39, 0.29) is 0 Å². The van der Waals surface area contributed by atoms with Crippen LogP contribution in [0.25, 0.3) is 38.7 Å². The molecule has 3 aromatic carbocycles. The minimum Gasteiger partial charge on any atom is -0.456 e. The fraction of sp³-hybridized carbons (Fsp3) is 0.296. The molecule has 5 nitrogen and oxygen atoms in total. The quantitative estimate of drug-likeness (QED) is 0.335. The monoisotopic (exact) mass is 438 g/mol. The van der Waals surface area contributed by atoms with E-state index in [0.29, 0.717) is 0 Å². The molecule has 0 N–H and O–H groups in total. The molecule has 1 saturated heterocycles. The Morgan fingerprint density at radius 1 is 0.818 bits per heavy atom. The SMILES string of the molecule is CCc1nc2ccccc2n1-c1cccc2oc3cccc(B4OC(C)(C)C(C)(C)O4)c3c12. The van der Waals surface area contributed by atoms with Crippen LogP contribution in [0.1, 0.15) is 40.4 Å². The molecule has 0 unspecified atom stereocenters. The second kappa shape index (κ2) is 6.96. The van der Waals surface area contributed by atoms with E-state index in [1.807, 2.05) is 30.3 Å². The van der Waals surface area contributed by atoms with E-state index in [9.17, 15) is 0 Å². The van der Waals surface area contributed by atoms with E-state index in [4.69, 9.17) is 18.7 Å². The van der Waals surface area contributed by atoms with E-state index in [1.165, 1.54) is 0 Å². The highest BCUT2D eigenvalue weighted by atomic mass is 16.7. The van der Waals surface area contributed by atoms with Gasteiger partial charge in [-0.15, -0.1) is 0 Å². The van der Waals surface area contributed by atoms with Crippen molar-refractivity contribution < 1.29 is 13.7 Å². The Labute approximate surface area is 193 Å². The van der Waals surface area contributed by atoms with Crippen LogP contribution in [0.4, 0.5) is 0 Å². The number of nitrogens with zero attached hydrogens (tertiary/aromatic N) is 2. The molecule has 5 aromatic rings. The van der Waals surface area contributed by atoms with Gasteiger partial charge in [-0.2, -0.15) is 0 Å². The Hall–Kier alpha value is -3.09. The van der Waals surface area contributed by atoms with Crippen molar-refractivity contribution in [3.63, 3.8) is 0 Å². The smallest absolute Gasteiger partial charge is 0.456 e. The Kier molecular flexibility index (Phi) is 4.32. The van der Waals surface area contributed by atoms with Crippen molar-refractivity contribution in [2.24, 2.45) is 0 Å². The van der Waals surface area contributed by atoms with Gasteiger partial charge in [0.15, 0.2) is 0 Å². The molecular formula is C27H27BN2O3. The molecule has 0 atom stereocenters. The first-order valence-electron chi connectivity index (χ1n) is 11.6. The van der Waals surface area contributed by atoms with Gasteiger partial charge < -0.3 is 13.7 Å². The number of furan rings is 1. The van der Waals surface area contributed by atoms with Gasteiger partial charge in [0.2, 0.25) is 0 Å². The van der Waals surface area contributed by atoms with Crippen molar-refractivity contribution in [1.82, 2.24) is 9.55 Å². The normalized spacial score (nSPS) is 17.5. The Morgan fingerprint density at radius 2 is 1.48 bits per heavy atom. The summed E-state index contributed by atoms with van der Waals surface area (Å²) in [5, 5.41) is 2.08. The van der Waals surface area contributed by atoms with Crippen molar-refractivity contribution >= 4 is 45.6 Å². The average molecular weight is 438 g/mol. The lowest BCUT2D eigenvalue weighted by molar-refractivity contribution is 0.00578. The maximum atomic E-state index is 6.44. The van der Waals surface area contributed by atoms with Crippen LogP contribution in [0.3, 0.4) is 0 Å². The van der Waals surface area contributed by atoms with Crippen LogP contribution in [0.2, 0.25) is 0 Å². The van der Waals surface area contributed by atoms with Gasteiger partial charge in [-0.05, 0) is 63.5 Å². The van der Waals surface area contributed by atoms with Gasteiger partial charge in [0.25, 0.3) is 0 Å². The largest absolute Gasteiger partial charge is 0.495 e. The molecule has 2 aromatic heterocycles. The summed E-state index contributed by atoms with van der Waals surface area (Å²) < 4.78 is 21.5. The summed E-state index contributed by atoms with van der Waals surface area (Å²) in [6.07, 6.45) is 0.824. The number of benzene rings is 3. The predicted octanol–water partition coefficient (Wildman–Crippen LogP) is 5.79. The summed E-state index contributed by atoms with van der Waals surface area (Å²) in [4.78, 5) is 4.90. The molecule has 0 radical (unpaired) electrons. The van der Waals surface area contributed by atoms with Gasteiger partial charge in [-0.3, -0.25) is 4.57 Å². The second-order valence-corrected chi connectivity index (χ2v) is 9.77. The molecule has 0 bridgehead atoms. The maximum absolute atomic E-state index is 6.44. The number of hydrogen-bond acceptors (Lipinski definition) is 4. The highest BCUT2D eigenvalue weighted by Gasteiger charge is 2.52. The Morgan fingerprint density at radius 3 is 2.21 bits per heavy atom. The van der Waals surface area contributed by atoms with Crippen LogP contribution in [0, 0.1) is 0 Å². The minimum absolute atomic E-state index is 0.419. The molecule has 33 heavy (non-hydrogen) atoms. The summed E-state index contributed by atoms with van der Waals surface area (Å²) in [6, 6.07) is 20.6. The lowest BCUT2D eigenvalue weighted by atomic mass is 9.76. The van der Waals surface area contributed by atoms with Crippen molar-refractivity contribution in [2.45, 2.75) is 52.2 Å². The highest BCUT2D eigenvalue weighted by Crippen LogP contribution is 2.39. The zero-order chi connectivity index (χ0) is 23.0. The first-order chi connectivity index (χ1) is 15.8. The zero-order valence-corrected chi connectivity index (χ0v) is 19.7. The van der Waals surface area contributed by atoms with E-state index >= 15 is 0 Å². The van der Waals surface area contributed by atoms with Crippen molar-refractivity contribution in [3.8, 4) is 5.69 Å². The molecule has 6 rings (SSSR count). The lowest BCUT2D eigenvalue weighted by Crippen LogP contribution is -2.41. The van der Waals surface area contributed by atoms with Crippen LogP contribution in [0.15, 0.2) is 65.1 Å². The van der Waals surface area contributed by atoms with Gasteiger partial charge in [0.1, 0.15) is 17.0 Å². The number of rotatable bonds is 3. The first-order valence-corrected chi connectivity index (χ1v) is 11.6. The van der Waals surface area contributed by atoms with Crippen molar-refractivity contribution in [2.75, 3.05) is 0 Å². The van der Waals surface area contributed by atoms with Gasteiger partial charge >= 0.3 is 7.12 Å². The third kappa shape index (κ3) is 2.90. The predicted molar refractivity (Wildman–Crippen MR) is 133 cm³/mol. The summed E-state index contributed by atoms with van der Waals surface area (Å²) >= 11 is 0. The number of aryl methyl sites for hydroxylation is 1. The molecule has 1 aliphatic rings. The number of aromatic nitrogens is 2. The lowest BCUT2D eigenvalue weighted by Gasteiger charge is -2.32. The standard InChI is InChI=1S/C27H27BN2O3/c1-6-23-29-18-12-7-8-13-19(18)30(23)20-14-10-16-22-25(20)24-17(11-9-15-21(24)31-22)28-32-26(2,3)27(4,5)33-28/h7-16H,6H2,1-5H3. The molecular weight excluding hydrogens is 411 g/mol. The minimum atomic E-state index is -0.474. The third-order valence-corrected chi connectivity index (χ3v) is 7.23. The van der Waals surface area contributed by atoms with Crippen molar-refractivity contribution in [3.05, 3.63) is 66.5 Å². The molecule has 166 valence electrons. The van der Waals surface area contributed by atoms with Crippen LogP contribution < -0.4 is 5.46 Å². The molecule has 1 aliphatic heterocycles. The average Bonchev–Trinajstić information content (AvgIpc) is 3.42. The molecule has 0 amide bonds. The van der Waals surface area contributed by atoms with Gasteiger partial charge in [-0.25, -0.2) is 4.98 Å². The summed E-state index contributed by atoms with van der Waals surface area (Å²) in [5.74, 6) is 1.02. The second-order valence-electron chi connectivity index (χ2n) is 9.77. The van der Waals surface area contributed by atoms with Gasteiger partial charge in [0, 0.05) is 11.8 Å². The van der Waals surface area contributed by atoms with E-state index < -0.39 is 18.3 Å². The number of fused-ring (bicyclic) bond motifs is 4. The first kappa shape index (κ1) is 20.5. The van der Waals surface area contributed by atoms with Gasteiger partial charge in [-0.1, -0.05) is 37.3 Å². The maximum Gasteiger partial charge on any atom is 0.495 e. The van der Waals surface area contributed by atoms with Crippen LogP contribution >= 0.6 is 0 Å². The molecule has 1 fully saturated rings. The van der Waals surface area contributed by atoms with E-state index in [2.05, 4.69) is 69.5 Å².